The van der Waals surface area contributed by atoms with Crippen LogP contribution in [0.5, 0.6) is 5.75 Å². The number of nitrogens with two attached hydrogens (primary N) is 1. The highest BCUT2D eigenvalue weighted by molar-refractivity contribution is 6.35. The van der Waals surface area contributed by atoms with Crippen LogP contribution in [0.3, 0.4) is 0 Å². The molecule has 5 heteroatoms. The summed E-state index contributed by atoms with van der Waals surface area (Å²) < 4.78 is 19.0. The summed E-state index contributed by atoms with van der Waals surface area (Å²) in [5.41, 5.74) is 5.94. The molecule has 0 heterocycles. The largest absolute Gasteiger partial charge is 0.487 e. The summed E-state index contributed by atoms with van der Waals surface area (Å²) in [6.45, 7) is 0.0538. The highest BCUT2D eigenvalue weighted by Gasteiger charge is 2.07. The Kier molecular flexibility index (Phi) is 3.94. The van der Waals surface area contributed by atoms with E-state index in [1.165, 1.54) is 6.07 Å². The van der Waals surface area contributed by atoms with E-state index in [-0.39, 0.29) is 12.3 Å². The predicted octanol–water partition coefficient (Wildman–Crippen LogP) is 4.29. The molecule has 18 heavy (non-hydrogen) atoms. The summed E-state index contributed by atoms with van der Waals surface area (Å²) in [4.78, 5) is 0. The van der Waals surface area contributed by atoms with Gasteiger partial charge in [-0.05, 0) is 24.3 Å². The van der Waals surface area contributed by atoms with Gasteiger partial charge in [-0.1, -0.05) is 35.3 Å². The third kappa shape index (κ3) is 2.86. The van der Waals surface area contributed by atoms with E-state index >= 15 is 0 Å². The zero-order valence-electron chi connectivity index (χ0n) is 9.29. The van der Waals surface area contributed by atoms with Crippen molar-refractivity contribution >= 4 is 28.9 Å². The zero-order chi connectivity index (χ0) is 13.1. The van der Waals surface area contributed by atoms with E-state index in [0.29, 0.717) is 21.4 Å². The van der Waals surface area contributed by atoms with Crippen LogP contribution in [-0.2, 0) is 6.61 Å². The molecule has 0 amide bonds. The van der Waals surface area contributed by atoms with E-state index in [1.807, 2.05) is 0 Å². The lowest BCUT2D eigenvalue weighted by atomic mass is 10.2. The second-order valence-corrected chi connectivity index (χ2v) is 4.53. The van der Waals surface area contributed by atoms with E-state index in [0.717, 1.165) is 0 Å². The van der Waals surface area contributed by atoms with Gasteiger partial charge in [0.15, 0.2) is 5.82 Å². The summed E-state index contributed by atoms with van der Waals surface area (Å²) >= 11 is 11.7. The molecule has 2 nitrogen and oxygen atoms in total. The fourth-order valence-corrected chi connectivity index (χ4v) is 1.92. The second kappa shape index (κ2) is 5.46. The smallest absolute Gasteiger partial charge is 0.152 e. The van der Waals surface area contributed by atoms with Gasteiger partial charge in [-0.3, -0.25) is 0 Å². The Hall–Kier alpha value is -1.45. The first-order valence-corrected chi connectivity index (χ1v) is 5.94. The van der Waals surface area contributed by atoms with Crippen molar-refractivity contribution in [2.45, 2.75) is 6.61 Å². The molecule has 2 aromatic rings. The maximum absolute atomic E-state index is 13.6. The van der Waals surface area contributed by atoms with Gasteiger partial charge in [0.2, 0.25) is 0 Å². The molecular weight excluding hydrogens is 276 g/mol. The van der Waals surface area contributed by atoms with Gasteiger partial charge >= 0.3 is 0 Å². The minimum absolute atomic E-state index is 0.0538. The summed E-state index contributed by atoms with van der Waals surface area (Å²) in [5, 5.41) is 0.897. The first kappa shape index (κ1) is 13.0. The van der Waals surface area contributed by atoms with Crippen molar-refractivity contribution in [1.82, 2.24) is 0 Å². The molecule has 0 aliphatic carbocycles. The van der Waals surface area contributed by atoms with Crippen molar-refractivity contribution in [2.75, 3.05) is 5.73 Å². The summed E-state index contributed by atoms with van der Waals surface area (Å²) in [6.07, 6.45) is 0. The molecule has 0 saturated heterocycles. The Labute approximate surface area is 114 Å². The number of anilines is 1. The zero-order valence-corrected chi connectivity index (χ0v) is 10.8. The Morgan fingerprint density at radius 2 is 1.94 bits per heavy atom. The van der Waals surface area contributed by atoms with Crippen molar-refractivity contribution in [1.29, 1.82) is 0 Å². The predicted molar refractivity (Wildman–Crippen MR) is 71.6 cm³/mol. The van der Waals surface area contributed by atoms with Crippen LogP contribution in [0, 0.1) is 5.82 Å². The molecule has 0 unspecified atom stereocenters. The van der Waals surface area contributed by atoms with Gasteiger partial charge in [0.25, 0.3) is 0 Å². The first-order valence-electron chi connectivity index (χ1n) is 5.18. The number of hydrogen-bond donors (Lipinski definition) is 1. The summed E-state index contributed by atoms with van der Waals surface area (Å²) in [6, 6.07) is 9.62. The van der Waals surface area contributed by atoms with E-state index in [1.54, 1.807) is 30.3 Å². The fourth-order valence-electron chi connectivity index (χ4n) is 1.46. The number of rotatable bonds is 3. The van der Waals surface area contributed by atoms with Crippen LogP contribution in [0.1, 0.15) is 5.56 Å². The maximum Gasteiger partial charge on any atom is 0.152 e. The number of halogens is 3. The molecule has 0 aromatic heterocycles. The normalized spacial score (nSPS) is 10.4. The van der Waals surface area contributed by atoms with Gasteiger partial charge in [0.1, 0.15) is 12.4 Å². The molecule has 0 saturated carbocycles. The Morgan fingerprint density at radius 3 is 2.67 bits per heavy atom. The van der Waals surface area contributed by atoms with Crippen molar-refractivity contribution in [3.05, 3.63) is 57.8 Å². The molecule has 0 spiro atoms. The van der Waals surface area contributed by atoms with Crippen LogP contribution in [0.25, 0.3) is 0 Å². The van der Waals surface area contributed by atoms with Crippen LogP contribution >= 0.6 is 23.2 Å². The Balaban J connectivity index is 2.14. The average Bonchev–Trinajstić information content (AvgIpc) is 2.33. The monoisotopic (exact) mass is 285 g/mol. The van der Waals surface area contributed by atoms with E-state index in [9.17, 15) is 4.39 Å². The lowest BCUT2D eigenvalue weighted by molar-refractivity contribution is 0.300. The van der Waals surface area contributed by atoms with E-state index < -0.39 is 5.82 Å². The van der Waals surface area contributed by atoms with Crippen molar-refractivity contribution in [3.8, 4) is 5.75 Å². The number of benzene rings is 2. The fraction of sp³-hybridized carbons (Fsp3) is 0.0769. The third-order valence-electron chi connectivity index (χ3n) is 2.39. The SMILES string of the molecule is Nc1cccc(COc2ccc(Cl)cc2Cl)c1F. The van der Waals surface area contributed by atoms with Crippen LogP contribution < -0.4 is 10.5 Å². The molecule has 0 bridgehead atoms. The number of ether oxygens (including phenoxy) is 1. The van der Waals surface area contributed by atoms with Crippen LogP contribution in [0.4, 0.5) is 10.1 Å². The van der Waals surface area contributed by atoms with Crippen molar-refractivity contribution < 1.29 is 9.13 Å². The Morgan fingerprint density at radius 1 is 1.17 bits per heavy atom. The molecule has 2 rings (SSSR count). The van der Waals surface area contributed by atoms with Crippen LogP contribution in [0.15, 0.2) is 36.4 Å². The van der Waals surface area contributed by atoms with E-state index in [4.69, 9.17) is 33.7 Å². The van der Waals surface area contributed by atoms with Crippen LogP contribution in [-0.4, -0.2) is 0 Å². The molecular formula is C13H10Cl2FNO. The molecule has 2 N–H and O–H groups in total. The highest BCUT2D eigenvalue weighted by Crippen LogP contribution is 2.28. The molecule has 94 valence electrons. The van der Waals surface area contributed by atoms with Gasteiger partial charge in [-0.15, -0.1) is 0 Å². The van der Waals surface area contributed by atoms with Gasteiger partial charge in [0, 0.05) is 10.6 Å². The number of nitrogen functional groups attached to an aromatic ring is 1. The standard InChI is InChI=1S/C13H10Cl2FNO/c14-9-4-5-12(10(15)6-9)18-7-8-2-1-3-11(17)13(8)16/h1-6H,7,17H2. The minimum Gasteiger partial charge on any atom is -0.487 e. The minimum atomic E-state index is -0.470. The lowest BCUT2D eigenvalue weighted by Crippen LogP contribution is -2.01. The Bertz CT molecular complexity index is 575. The van der Waals surface area contributed by atoms with Crippen molar-refractivity contribution in [3.63, 3.8) is 0 Å². The topological polar surface area (TPSA) is 35.2 Å². The van der Waals surface area contributed by atoms with Gasteiger partial charge in [-0.25, -0.2) is 4.39 Å². The summed E-state index contributed by atoms with van der Waals surface area (Å²) in [5.74, 6) is -0.0227. The molecule has 0 aliphatic heterocycles. The second-order valence-electron chi connectivity index (χ2n) is 3.68. The lowest BCUT2D eigenvalue weighted by Gasteiger charge is -2.09. The molecule has 0 aliphatic rings. The number of hydrogen-bond acceptors (Lipinski definition) is 2. The quantitative estimate of drug-likeness (QED) is 0.854. The average molecular weight is 286 g/mol. The third-order valence-corrected chi connectivity index (χ3v) is 2.92. The molecule has 0 radical (unpaired) electrons. The van der Waals surface area contributed by atoms with Gasteiger partial charge in [0.05, 0.1) is 10.7 Å². The summed E-state index contributed by atoms with van der Waals surface area (Å²) in [7, 11) is 0. The van der Waals surface area contributed by atoms with Gasteiger partial charge in [-0.2, -0.15) is 0 Å². The molecule has 0 fully saturated rings. The highest BCUT2D eigenvalue weighted by atomic mass is 35.5. The molecule has 0 atom stereocenters. The first-order chi connectivity index (χ1) is 8.58. The molecule has 2 aromatic carbocycles. The van der Waals surface area contributed by atoms with Gasteiger partial charge < -0.3 is 10.5 Å². The van der Waals surface area contributed by atoms with E-state index in [2.05, 4.69) is 0 Å². The van der Waals surface area contributed by atoms with Crippen LogP contribution in [0.2, 0.25) is 10.0 Å². The van der Waals surface area contributed by atoms with Crippen molar-refractivity contribution in [2.24, 2.45) is 0 Å². The maximum atomic E-state index is 13.6.